The van der Waals surface area contributed by atoms with Crippen molar-refractivity contribution in [3.05, 3.63) is 77.1 Å². The number of carbonyl (C=O) groups is 2. The highest BCUT2D eigenvalue weighted by Crippen LogP contribution is 2.21. The van der Waals surface area contributed by atoms with Crippen molar-refractivity contribution in [1.29, 1.82) is 0 Å². The van der Waals surface area contributed by atoms with Crippen molar-refractivity contribution >= 4 is 34.0 Å². The Labute approximate surface area is 154 Å². The first kappa shape index (κ1) is 17.8. The Bertz CT molecular complexity index is 911. The number of nitrogens with one attached hydrogen (secondary N) is 1. The van der Waals surface area contributed by atoms with Crippen LogP contribution in [0.25, 0.3) is 0 Å². The Kier molecular flexibility index (Phi) is 5.38. The van der Waals surface area contributed by atoms with Crippen LogP contribution in [0.2, 0.25) is 0 Å². The molecule has 2 aromatic carbocycles. The Balaban J connectivity index is 1.74. The molecule has 0 saturated carbocycles. The molecule has 0 bridgehead atoms. The van der Waals surface area contributed by atoms with Gasteiger partial charge in [0.15, 0.2) is 5.13 Å². The number of rotatable bonds is 5. The van der Waals surface area contributed by atoms with Gasteiger partial charge in [0.2, 0.25) is 5.91 Å². The van der Waals surface area contributed by atoms with E-state index in [1.807, 2.05) is 11.4 Å². The Morgan fingerprint density at radius 3 is 2.62 bits per heavy atom. The van der Waals surface area contributed by atoms with Gasteiger partial charge in [-0.25, -0.2) is 9.37 Å². The molecule has 1 N–H and O–H groups in total. The highest BCUT2D eigenvalue weighted by molar-refractivity contribution is 7.13. The first-order valence-corrected chi connectivity index (χ1v) is 8.74. The standard InChI is InChI=1S/C19H16FN3O2S/c1-13(24)23(19-21-9-10-26-19)12-14-3-2-4-17(11-14)22-18(25)15-5-7-16(20)8-6-15/h2-11H,12H2,1H3,(H,22,25). The van der Waals surface area contributed by atoms with Crippen LogP contribution in [0.5, 0.6) is 0 Å². The average molecular weight is 369 g/mol. The Morgan fingerprint density at radius 2 is 1.96 bits per heavy atom. The minimum absolute atomic E-state index is 0.110. The molecule has 1 aromatic heterocycles. The third-order valence-electron chi connectivity index (χ3n) is 3.66. The second-order valence-electron chi connectivity index (χ2n) is 5.58. The zero-order valence-corrected chi connectivity index (χ0v) is 14.8. The van der Waals surface area contributed by atoms with E-state index in [0.717, 1.165) is 5.56 Å². The number of carbonyl (C=O) groups excluding carboxylic acids is 2. The van der Waals surface area contributed by atoms with E-state index in [1.165, 1.54) is 42.5 Å². The van der Waals surface area contributed by atoms with Crippen LogP contribution in [0.15, 0.2) is 60.1 Å². The van der Waals surface area contributed by atoms with Crippen LogP contribution in [0.1, 0.15) is 22.8 Å². The number of nitrogens with zero attached hydrogens (tertiary/aromatic N) is 2. The van der Waals surface area contributed by atoms with Gasteiger partial charge in [0.25, 0.3) is 5.91 Å². The van der Waals surface area contributed by atoms with Crippen molar-refractivity contribution < 1.29 is 14.0 Å². The van der Waals surface area contributed by atoms with Crippen molar-refractivity contribution in [2.75, 3.05) is 10.2 Å². The summed E-state index contributed by atoms with van der Waals surface area (Å²) in [5.74, 6) is -0.832. The highest BCUT2D eigenvalue weighted by atomic mass is 32.1. The molecule has 0 aliphatic carbocycles. The molecule has 2 amide bonds. The molecule has 0 atom stereocenters. The fourth-order valence-corrected chi connectivity index (χ4v) is 3.08. The summed E-state index contributed by atoms with van der Waals surface area (Å²) >= 11 is 1.39. The molecule has 0 aliphatic rings. The number of hydrogen-bond donors (Lipinski definition) is 1. The molecule has 1 heterocycles. The Morgan fingerprint density at radius 1 is 1.19 bits per heavy atom. The molecule has 5 nitrogen and oxygen atoms in total. The summed E-state index contributed by atoms with van der Waals surface area (Å²) in [4.78, 5) is 29.9. The second kappa shape index (κ2) is 7.88. The maximum atomic E-state index is 13.0. The molecule has 26 heavy (non-hydrogen) atoms. The number of hydrogen-bond acceptors (Lipinski definition) is 4. The van der Waals surface area contributed by atoms with Crippen LogP contribution in [-0.4, -0.2) is 16.8 Å². The minimum Gasteiger partial charge on any atom is -0.322 e. The molecule has 132 valence electrons. The van der Waals surface area contributed by atoms with Crippen molar-refractivity contribution in [3.63, 3.8) is 0 Å². The first-order valence-electron chi connectivity index (χ1n) is 7.86. The monoisotopic (exact) mass is 369 g/mol. The predicted octanol–water partition coefficient (Wildman–Crippen LogP) is 4.09. The largest absolute Gasteiger partial charge is 0.322 e. The second-order valence-corrected chi connectivity index (χ2v) is 6.45. The van der Waals surface area contributed by atoms with E-state index in [4.69, 9.17) is 0 Å². The normalized spacial score (nSPS) is 10.4. The Hall–Kier alpha value is -3.06. The predicted molar refractivity (Wildman–Crippen MR) is 99.8 cm³/mol. The maximum Gasteiger partial charge on any atom is 0.255 e. The lowest BCUT2D eigenvalue weighted by Gasteiger charge is -2.18. The molecular formula is C19H16FN3O2S. The van der Waals surface area contributed by atoms with E-state index in [0.29, 0.717) is 22.9 Å². The summed E-state index contributed by atoms with van der Waals surface area (Å²) in [7, 11) is 0. The third kappa shape index (κ3) is 4.31. The zero-order chi connectivity index (χ0) is 18.5. The summed E-state index contributed by atoms with van der Waals surface area (Å²) in [5.41, 5.74) is 1.82. The van der Waals surface area contributed by atoms with Gasteiger partial charge < -0.3 is 5.32 Å². The summed E-state index contributed by atoms with van der Waals surface area (Å²) in [6.07, 6.45) is 1.65. The zero-order valence-electron chi connectivity index (χ0n) is 14.0. The molecule has 0 fully saturated rings. The highest BCUT2D eigenvalue weighted by Gasteiger charge is 2.15. The van der Waals surface area contributed by atoms with Crippen LogP contribution >= 0.6 is 11.3 Å². The average Bonchev–Trinajstić information content (AvgIpc) is 3.14. The van der Waals surface area contributed by atoms with E-state index in [-0.39, 0.29) is 11.8 Å². The molecule has 0 aliphatic heterocycles. The van der Waals surface area contributed by atoms with Crippen molar-refractivity contribution in [2.24, 2.45) is 0 Å². The lowest BCUT2D eigenvalue weighted by molar-refractivity contribution is -0.116. The molecule has 3 rings (SSSR count). The van der Waals surface area contributed by atoms with Gasteiger partial charge in [0.1, 0.15) is 5.82 Å². The fourth-order valence-electron chi connectivity index (χ4n) is 2.40. The summed E-state index contributed by atoms with van der Waals surface area (Å²) in [6.45, 7) is 1.84. The summed E-state index contributed by atoms with van der Waals surface area (Å²) in [5, 5.41) is 5.21. The van der Waals surface area contributed by atoms with Crippen molar-refractivity contribution in [2.45, 2.75) is 13.5 Å². The molecule has 7 heteroatoms. The number of amides is 2. The summed E-state index contributed by atoms with van der Waals surface area (Å²) < 4.78 is 13.0. The maximum absolute atomic E-state index is 13.0. The third-order valence-corrected chi connectivity index (χ3v) is 4.46. The first-order chi connectivity index (χ1) is 12.5. The van der Waals surface area contributed by atoms with Crippen LogP contribution < -0.4 is 10.2 Å². The van der Waals surface area contributed by atoms with Crippen LogP contribution in [0.3, 0.4) is 0 Å². The van der Waals surface area contributed by atoms with E-state index in [1.54, 1.807) is 29.3 Å². The molecule has 0 spiro atoms. The van der Waals surface area contributed by atoms with Gasteiger partial charge in [0, 0.05) is 29.8 Å². The number of thiazole rings is 1. The van der Waals surface area contributed by atoms with Gasteiger partial charge in [-0.1, -0.05) is 12.1 Å². The number of benzene rings is 2. The van der Waals surface area contributed by atoms with E-state index >= 15 is 0 Å². The smallest absolute Gasteiger partial charge is 0.255 e. The molecule has 0 radical (unpaired) electrons. The van der Waals surface area contributed by atoms with Crippen LogP contribution in [0, 0.1) is 5.82 Å². The lowest BCUT2D eigenvalue weighted by atomic mass is 10.1. The van der Waals surface area contributed by atoms with Gasteiger partial charge in [-0.05, 0) is 42.0 Å². The molecular weight excluding hydrogens is 353 g/mol. The number of aromatic nitrogens is 1. The number of anilines is 2. The topological polar surface area (TPSA) is 62.3 Å². The van der Waals surface area contributed by atoms with Crippen molar-refractivity contribution in [3.8, 4) is 0 Å². The molecule has 3 aromatic rings. The van der Waals surface area contributed by atoms with Gasteiger partial charge in [-0.15, -0.1) is 11.3 Å². The quantitative estimate of drug-likeness (QED) is 0.737. The lowest BCUT2D eigenvalue weighted by Crippen LogP contribution is -2.27. The van der Waals surface area contributed by atoms with E-state index in [9.17, 15) is 14.0 Å². The van der Waals surface area contributed by atoms with Gasteiger partial charge >= 0.3 is 0 Å². The van der Waals surface area contributed by atoms with Gasteiger partial charge in [-0.3, -0.25) is 14.5 Å². The van der Waals surface area contributed by atoms with Gasteiger partial charge in [-0.2, -0.15) is 0 Å². The molecule has 0 unspecified atom stereocenters. The van der Waals surface area contributed by atoms with Crippen LogP contribution in [0.4, 0.5) is 15.2 Å². The van der Waals surface area contributed by atoms with Crippen LogP contribution in [-0.2, 0) is 11.3 Å². The van der Waals surface area contributed by atoms with Gasteiger partial charge in [0.05, 0.1) is 6.54 Å². The van der Waals surface area contributed by atoms with E-state index < -0.39 is 5.82 Å². The summed E-state index contributed by atoms with van der Waals surface area (Å²) in [6, 6.07) is 12.6. The minimum atomic E-state index is -0.393. The SMILES string of the molecule is CC(=O)N(Cc1cccc(NC(=O)c2ccc(F)cc2)c1)c1nccs1. The molecule has 0 saturated heterocycles. The van der Waals surface area contributed by atoms with E-state index in [2.05, 4.69) is 10.3 Å². The number of halogens is 1. The fraction of sp³-hybridized carbons (Fsp3) is 0.105. The van der Waals surface area contributed by atoms with Crippen molar-refractivity contribution in [1.82, 2.24) is 4.98 Å².